The third-order valence-corrected chi connectivity index (χ3v) is 4.02. The van der Waals surface area contributed by atoms with E-state index in [-0.39, 0.29) is 6.04 Å². The Morgan fingerprint density at radius 2 is 2.32 bits per heavy atom. The second-order valence-corrected chi connectivity index (χ2v) is 5.41. The Morgan fingerprint density at radius 3 is 2.95 bits per heavy atom. The minimum absolute atomic E-state index is 0.0805. The van der Waals surface area contributed by atoms with Crippen molar-refractivity contribution in [2.24, 2.45) is 5.73 Å². The van der Waals surface area contributed by atoms with Crippen LogP contribution in [0.25, 0.3) is 0 Å². The second kappa shape index (κ2) is 6.37. The highest BCUT2D eigenvalue weighted by atomic mass is 16.5. The third-order valence-electron chi connectivity index (χ3n) is 4.02. The number of piperazine rings is 1. The smallest absolute Gasteiger partial charge is 0.121 e. The molecule has 1 aromatic carbocycles. The monoisotopic (exact) mass is 263 g/mol. The summed E-state index contributed by atoms with van der Waals surface area (Å²) in [6.45, 7) is 5.26. The fourth-order valence-electron chi connectivity index (χ4n) is 2.69. The third kappa shape index (κ3) is 3.47. The molecule has 1 aromatic rings. The van der Waals surface area contributed by atoms with Crippen LogP contribution in [-0.2, 0) is 0 Å². The molecule has 0 radical (unpaired) electrons. The van der Waals surface area contributed by atoms with Gasteiger partial charge in [0, 0.05) is 31.7 Å². The van der Waals surface area contributed by atoms with Crippen molar-refractivity contribution in [3.63, 3.8) is 0 Å². The van der Waals surface area contributed by atoms with E-state index in [1.54, 1.807) is 7.11 Å². The number of nitrogens with two attached hydrogens (primary N) is 1. The van der Waals surface area contributed by atoms with E-state index in [0.29, 0.717) is 6.04 Å². The zero-order chi connectivity index (χ0) is 13.8. The molecule has 0 bridgehead atoms. The molecular weight excluding hydrogens is 238 g/mol. The van der Waals surface area contributed by atoms with Gasteiger partial charge in [0.25, 0.3) is 0 Å². The predicted molar refractivity (Wildman–Crippen MR) is 78.6 cm³/mol. The van der Waals surface area contributed by atoms with Crippen LogP contribution in [0.4, 0.5) is 0 Å². The molecule has 1 heterocycles. The summed E-state index contributed by atoms with van der Waals surface area (Å²) in [5.41, 5.74) is 8.69. The molecule has 1 fully saturated rings. The topological polar surface area (TPSA) is 50.5 Å². The molecule has 0 aromatic heterocycles. The Morgan fingerprint density at radius 1 is 1.53 bits per heavy atom. The molecule has 1 aliphatic heterocycles. The first-order valence-corrected chi connectivity index (χ1v) is 6.93. The SMILES string of the molecule is COc1ccc(C(N)CC2CNCCN2C)cc1C. The van der Waals surface area contributed by atoms with Crippen molar-refractivity contribution in [3.05, 3.63) is 29.3 Å². The minimum Gasteiger partial charge on any atom is -0.496 e. The molecule has 4 nitrogen and oxygen atoms in total. The number of benzene rings is 1. The highest BCUT2D eigenvalue weighted by Crippen LogP contribution is 2.24. The number of nitrogens with one attached hydrogen (secondary N) is 1. The van der Waals surface area contributed by atoms with E-state index in [1.165, 1.54) is 5.56 Å². The van der Waals surface area contributed by atoms with Crippen molar-refractivity contribution in [3.8, 4) is 5.75 Å². The van der Waals surface area contributed by atoms with Crippen LogP contribution in [0, 0.1) is 6.92 Å². The van der Waals surface area contributed by atoms with Crippen LogP contribution in [0.15, 0.2) is 18.2 Å². The Kier molecular flexibility index (Phi) is 4.80. The van der Waals surface area contributed by atoms with Crippen molar-refractivity contribution in [1.29, 1.82) is 0 Å². The van der Waals surface area contributed by atoms with E-state index < -0.39 is 0 Å². The summed E-state index contributed by atoms with van der Waals surface area (Å²) < 4.78 is 5.29. The number of ether oxygens (including phenoxy) is 1. The maximum atomic E-state index is 6.35. The zero-order valence-electron chi connectivity index (χ0n) is 12.1. The van der Waals surface area contributed by atoms with E-state index in [1.807, 2.05) is 6.07 Å². The van der Waals surface area contributed by atoms with Gasteiger partial charge in [-0.15, -0.1) is 0 Å². The van der Waals surface area contributed by atoms with Gasteiger partial charge in [-0.25, -0.2) is 0 Å². The quantitative estimate of drug-likeness (QED) is 0.859. The molecule has 0 saturated carbocycles. The normalized spacial score (nSPS) is 22.2. The highest BCUT2D eigenvalue weighted by Gasteiger charge is 2.21. The van der Waals surface area contributed by atoms with Gasteiger partial charge in [-0.1, -0.05) is 12.1 Å². The minimum atomic E-state index is 0.0805. The average molecular weight is 263 g/mol. The second-order valence-electron chi connectivity index (χ2n) is 5.41. The number of methoxy groups -OCH3 is 1. The van der Waals surface area contributed by atoms with E-state index >= 15 is 0 Å². The van der Waals surface area contributed by atoms with Crippen LogP contribution in [0.5, 0.6) is 5.75 Å². The molecule has 0 aliphatic carbocycles. The van der Waals surface area contributed by atoms with Gasteiger partial charge in [0.1, 0.15) is 5.75 Å². The number of hydrogen-bond acceptors (Lipinski definition) is 4. The Balaban J connectivity index is 2.02. The van der Waals surface area contributed by atoms with Gasteiger partial charge in [-0.2, -0.15) is 0 Å². The largest absolute Gasteiger partial charge is 0.496 e. The number of nitrogens with zero attached hydrogens (tertiary/aromatic N) is 1. The Bertz CT molecular complexity index is 422. The maximum absolute atomic E-state index is 6.35. The van der Waals surface area contributed by atoms with Gasteiger partial charge >= 0.3 is 0 Å². The fourth-order valence-corrected chi connectivity index (χ4v) is 2.69. The lowest BCUT2D eigenvalue weighted by Gasteiger charge is -2.34. The van der Waals surface area contributed by atoms with Gasteiger partial charge in [0.2, 0.25) is 0 Å². The van der Waals surface area contributed by atoms with Crippen molar-refractivity contribution in [2.45, 2.75) is 25.4 Å². The summed E-state index contributed by atoms with van der Waals surface area (Å²) in [7, 11) is 3.88. The molecular formula is C15H25N3O. The molecule has 2 unspecified atom stereocenters. The highest BCUT2D eigenvalue weighted by molar-refractivity contribution is 5.37. The fraction of sp³-hybridized carbons (Fsp3) is 0.600. The summed E-state index contributed by atoms with van der Waals surface area (Å²) in [5, 5.41) is 3.43. The standard InChI is InChI=1S/C15H25N3O/c1-11-8-12(4-5-15(11)19-3)14(16)9-13-10-17-6-7-18(13)2/h4-5,8,13-14,17H,6-7,9-10,16H2,1-3H3. The predicted octanol–water partition coefficient (Wildman–Crippen LogP) is 1.30. The molecule has 0 amide bonds. The van der Waals surface area contributed by atoms with Crippen LogP contribution in [0.1, 0.15) is 23.6 Å². The molecule has 3 N–H and O–H groups in total. The number of hydrogen-bond donors (Lipinski definition) is 2. The van der Waals surface area contributed by atoms with Crippen LogP contribution in [0.3, 0.4) is 0 Å². The van der Waals surface area contributed by atoms with Gasteiger partial charge in [-0.3, -0.25) is 0 Å². The molecule has 1 aliphatic rings. The first-order chi connectivity index (χ1) is 9.11. The molecule has 0 spiro atoms. The van der Waals surface area contributed by atoms with Crippen LogP contribution >= 0.6 is 0 Å². The summed E-state index contributed by atoms with van der Waals surface area (Å²) in [4.78, 5) is 2.40. The molecule has 2 rings (SSSR count). The number of likely N-dealkylation sites (N-methyl/N-ethyl adjacent to an activating group) is 1. The van der Waals surface area contributed by atoms with E-state index in [4.69, 9.17) is 10.5 Å². The van der Waals surface area contributed by atoms with Gasteiger partial charge in [0.15, 0.2) is 0 Å². The first kappa shape index (κ1) is 14.3. The van der Waals surface area contributed by atoms with Gasteiger partial charge in [0.05, 0.1) is 7.11 Å². The molecule has 1 saturated heterocycles. The Hall–Kier alpha value is -1.10. The van der Waals surface area contributed by atoms with Crippen LogP contribution in [-0.4, -0.2) is 44.7 Å². The molecule has 4 heteroatoms. The lowest BCUT2D eigenvalue weighted by Crippen LogP contribution is -2.50. The van der Waals surface area contributed by atoms with Gasteiger partial charge in [-0.05, 0) is 37.6 Å². The summed E-state index contributed by atoms with van der Waals surface area (Å²) in [6.07, 6.45) is 0.981. The van der Waals surface area contributed by atoms with E-state index in [0.717, 1.165) is 37.4 Å². The van der Waals surface area contributed by atoms with Crippen molar-refractivity contribution >= 4 is 0 Å². The lowest BCUT2D eigenvalue weighted by atomic mass is 9.97. The number of rotatable bonds is 4. The lowest BCUT2D eigenvalue weighted by molar-refractivity contribution is 0.182. The van der Waals surface area contributed by atoms with E-state index in [2.05, 4.69) is 36.3 Å². The van der Waals surface area contributed by atoms with Crippen molar-refractivity contribution < 1.29 is 4.74 Å². The molecule has 106 valence electrons. The van der Waals surface area contributed by atoms with E-state index in [9.17, 15) is 0 Å². The van der Waals surface area contributed by atoms with Gasteiger partial charge < -0.3 is 20.7 Å². The Labute approximate surface area is 115 Å². The zero-order valence-corrected chi connectivity index (χ0v) is 12.1. The molecule has 19 heavy (non-hydrogen) atoms. The van der Waals surface area contributed by atoms with Crippen molar-refractivity contribution in [2.75, 3.05) is 33.8 Å². The van der Waals surface area contributed by atoms with Crippen LogP contribution < -0.4 is 15.8 Å². The molecule has 2 atom stereocenters. The summed E-state index contributed by atoms with van der Waals surface area (Å²) in [6, 6.07) is 6.82. The average Bonchev–Trinajstić information content (AvgIpc) is 2.41. The summed E-state index contributed by atoms with van der Waals surface area (Å²) >= 11 is 0. The maximum Gasteiger partial charge on any atom is 0.121 e. The first-order valence-electron chi connectivity index (χ1n) is 6.93. The summed E-state index contributed by atoms with van der Waals surface area (Å²) in [5.74, 6) is 0.924. The van der Waals surface area contributed by atoms with Crippen LogP contribution in [0.2, 0.25) is 0 Å². The number of aryl methyl sites for hydroxylation is 1. The van der Waals surface area contributed by atoms with Crippen molar-refractivity contribution in [1.82, 2.24) is 10.2 Å².